The number of ketones is 1. The molecule has 0 N–H and O–H groups in total. The van der Waals surface area contributed by atoms with E-state index in [1.54, 1.807) is 20.8 Å². The molecule has 0 amide bonds. The van der Waals surface area contributed by atoms with Crippen LogP contribution in [-0.4, -0.2) is 18.4 Å². The van der Waals surface area contributed by atoms with Gasteiger partial charge in [-0.15, -0.1) is 0 Å². The molecule has 0 heterocycles. The molecule has 0 atom stereocenters. The maximum Gasteiger partial charge on any atom is 0.303 e. The Hall–Kier alpha value is -0.860. The van der Waals surface area contributed by atoms with Crippen LogP contribution in [0.3, 0.4) is 0 Å². The Balaban J connectivity index is 3.80. The van der Waals surface area contributed by atoms with E-state index in [0.29, 0.717) is 0 Å². The van der Waals surface area contributed by atoms with Crippen LogP contribution in [-0.2, 0) is 14.3 Å². The Labute approximate surface area is 66.7 Å². The van der Waals surface area contributed by atoms with E-state index in [0.717, 1.165) is 0 Å². The molecule has 0 aromatic rings. The second-order valence-electron chi connectivity index (χ2n) is 3.45. The predicted molar refractivity (Wildman–Crippen MR) is 41.1 cm³/mol. The highest BCUT2D eigenvalue weighted by atomic mass is 16.5. The van der Waals surface area contributed by atoms with Gasteiger partial charge in [0, 0.05) is 12.3 Å². The highest BCUT2D eigenvalue weighted by Gasteiger charge is 2.21. The summed E-state index contributed by atoms with van der Waals surface area (Å²) in [6.45, 7) is 6.55. The molecule has 0 bridgehead atoms. The Morgan fingerprint density at radius 2 is 1.73 bits per heavy atom. The van der Waals surface area contributed by atoms with Crippen molar-refractivity contribution in [1.29, 1.82) is 0 Å². The normalized spacial score (nSPS) is 10.9. The Kier molecular flexibility index (Phi) is 3.23. The van der Waals surface area contributed by atoms with Crippen molar-refractivity contribution in [3.63, 3.8) is 0 Å². The summed E-state index contributed by atoms with van der Waals surface area (Å²) in [5.41, 5.74) is -0.421. The van der Waals surface area contributed by atoms with Crippen LogP contribution < -0.4 is 0 Å². The van der Waals surface area contributed by atoms with Crippen molar-refractivity contribution < 1.29 is 14.3 Å². The molecule has 0 aliphatic heterocycles. The lowest BCUT2D eigenvalue weighted by Crippen LogP contribution is -2.25. The summed E-state index contributed by atoms with van der Waals surface area (Å²) in [6.07, 6.45) is 0. The van der Waals surface area contributed by atoms with Gasteiger partial charge in [0.15, 0.2) is 5.78 Å². The topological polar surface area (TPSA) is 43.4 Å². The number of Topliss-reactive ketones (excluding diaryl/α,β-unsaturated/α-hetero) is 1. The zero-order valence-electron chi connectivity index (χ0n) is 7.43. The van der Waals surface area contributed by atoms with Gasteiger partial charge in [0.25, 0.3) is 0 Å². The van der Waals surface area contributed by atoms with Crippen LogP contribution in [0.1, 0.15) is 27.7 Å². The van der Waals surface area contributed by atoms with E-state index in [1.165, 1.54) is 6.92 Å². The predicted octanol–water partition coefficient (Wildman–Crippen LogP) is 1.16. The van der Waals surface area contributed by atoms with E-state index in [4.69, 9.17) is 0 Å². The number of carbonyl (C=O) groups is 2. The molecular formula is C8H14O3. The van der Waals surface area contributed by atoms with Crippen molar-refractivity contribution in [3.05, 3.63) is 0 Å². The highest BCUT2D eigenvalue weighted by Crippen LogP contribution is 2.14. The van der Waals surface area contributed by atoms with Gasteiger partial charge in [0.1, 0.15) is 6.61 Å². The van der Waals surface area contributed by atoms with Crippen LogP contribution >= 0.6 is 0 Å². The molecule has 0 aromatic heterocycles. The van der Waals surface area contributed by atoms with E-state index in [2.05, 4.69) is 4.74 Å². The summed E-state index contributed by atoms with van der Waals surface area (Å²) in [4.78, 5) is 21.4. The quantitative estimate of drug-likeness (QED) is 0.566. The molecule has 0 saturated carbocycles. The monoisotopic (exact) mass is 158 g/mol. The van der Waals surface area contributed by atoms with Gasteiger partial charge in [-0.05, 0) is 0 Å². The molecule has 0 saturated heterocycles. The molecule has 0 radical (unpaired) electrons. The Morgan fingerprint density at radius 1 is 1.27 bits per heavy atom. The van der Waals surface area contributed by atoms with Crippen molar-refractivity contribution in [2.75, 3.05) is 6.61 Å². The highest BCUT2D eigenvalue weighted by molar-refractivity contribution is 5.86. The lowest BCUT2D eigenvalue weighted by Gasteiger charge is -2.15. The summed E-state index contributed by atoms with van der Waals surface area (Å²) in [5, 5.41) is 0. The van der Waals surface area contributed by atoms with Gasteiger partial charge in [0.2, 0.25) is 0 Å². The lowest BCUT2D eigenvalue weighted by molar-refractivity contribution is -0.148. The summed E-state index contributed by atoms with van der Waals surface area (Å²) < 4.78 is 4.54. The van der Waals surface area contributed by atoms with Crippen molar-refractivity contribution in [3.8, 4) is 0 Å². The average molecular weight is 158 g/mol. The number of carbonyl (C=O) groups excluding carboxylic acids is 2. The van der Waals surface area contributed by atoms with Gasteiger partial charge < -0.3 is 4.74 Å². The molecule has 3 nitrogen and oxygen atoms in total. The lowest BCUT2D eigenvalue weighted by atomic mass is 9.91. The van der Waals surface area contributed by atoms with Crippen LogP contribution in [0.5, 0.6) is 0 Å². The van der Waals surface area contributed by atoms with E-state index < -0.39 is 11.4 Å². The number of rotatable bonds is 2. The van der Waals surface area contributed by atoms with Crippen molar-refractivity contribution in [2.24, 2.45) is 5.41 Å². The fourth-order valence-corrected chi connectivity index (χ4v) is 0.384. The van der Waals surface area contributed by atoms with Crippen molar-refractivity contribution in [2.45, 2.75) is 27.7 Å². The van der Waals surface area contributed by atoms with E-state index in [-0.39, 0.29) is 12.4 Å². The van der Waals surface area contributed by atoms with Crippen LogP contribution in [0.15, 0.2) is 0 Å². The zero-order chi connectivity index (χ0) is 9.07. The molecule has 0 spiro atoms. The second kappa shape index (κ2) is 3.51. The first kappa shape index (κ1) is 10.1. The van der Waals surface area contributed by atoms with E-state index in [1.807, 2.05) is 0 Å². The molecule has 0 aromatic carbocycles. The van der Waals surface area contributed by atoms with Crippen molar-refractivity contribution >= 4 is 11.8 Å². The van der Waals surface area contributed by atoms with Crippen LogP contribution in [0.4, 0.5) is 0 Å². The minimum absolute atomic E-state index is 0.0623. The summed E-state index contributed by atoms with van der Waals surface area (Å²) in [5.74, 6) is -0.477. The molecule has 0 aliphatic carbocycles. The van der Waals surface area contributed by atoms with E-state index in [9.17, 15) is 9.59 Å². The first-order valence-electron chi connectivity index (χ1n) is 3.50. The van der Waals surface area contributed by atoms with Gasteiger partial charge in [-0.25, -0.2) is 0 Å². The number of hydrogen-bond donors (Lipinski definition) is 0. The van der Waals surface area contributed by atoms with Crippen molar-refractivity contribution in [1.82, 2.24) is 0 Å². The number of esters is 1. The molecule has 0 fully saturated rings. The fourth-order valence-electron chi connectivity index (χ4n) is 0.384. The van der Waals surface area contributed by atoms with Gasteiger partial charge in [-0.2, -0.15) is 0 Å². The Bertz CT molecular complexity index is 165. The molecule has 0 unspecified atom stereocenters. The number of hydrogen-bond acceptors (Lipinski definition) is 3. The first-order valence-corrected chi connectivity index (χ1v) is 3.50. The molecule has 3 heteroatoms. The standard InChI is InChI=1S/C8H14O3/c1-6(9)11-5-7(10)8(2,3)4/h5H2,1-4H3. The SMILES string of the molecule is CC(=O)OCC(=O)C(C)(C)C. The third-order valence-corrected chi connectivity index (χ3v) is 1.24. The van der Waals surface area contributed by atoms with Crippen LogP contribution in [0.25, 0.3) is 0 Å². The zero-order valence-corrected chi connectivity index (χ0v) is 7.43. The molecule has 0 aliphatic rings. The third-order valence-electron chi connectivity index (χ3n) is 1.24. The second-order valence-corrected chi connectivity index (χ2v) is 3.45. The summed E-state index contributed by atoms with van der Waals surface area (Å²) in [7, 11) is 0. The summed E-state index contributed by atoms with van der Waals surface area (Å²) in [6, 6.07) is 0. The molecule has 0 rings (SSSR count). The van der Waals surface area contributed by atoms with Crippen LogP contribution in [0, 0.1) is 5.41 Å². The van der Waals surface area contributed by atoms with Crippen LogP contribution in [0.2, 0.25) is 0 Å². The first-order chi connectivity index (χ1) is 4.84. The largest absolute Gasteiger partial charge is 0.458 e. The molecule has 11 heavy (non-hydrogen) atoms. The molecular weight excluding hydrogens is 144 g/mol. The summed E-state index contributed by atoms with van der Waals surface area (Å²) >= 11 is 0. The smallest absolute Gasteiger partial charge is 0.303 e. The third kappa shape index (κ3) is 4.53. The minimum Gasteiger partial charge on any atom is -0.458 e. The average Bonchev–Trinajstić information content (AvgIpc) is 1.80. The molecule has 64 valence electrons. The fraction of sp³-hybridized carbons (Fsp3) is 0.750. The maximum absolute atomic E-state index is 11.1. The van der Waals surface area contributed by atoms with Gasteiger partial charge in [0.05, 0.1) is 0 Å². The number of ether oxygens (including phenoxy) is 1. The van der Waals surface area contributed by atoms with E-state index >= 15 is 0 Å². The minimum atomic E-state index is -0.421. The van der Waals surface area contributed by atoms with Gasteiger partial charge >= 0.3 is 5.97 Å². The maximum atomic E-state index is 11.1. The van der Waals surface area contributed by atoms with Gasteiger partial charge in [-0.3, -0.25) is 9.59 Å². The van der Waals surface area contributed by atoms with Gasteiger partial charge in [-0.1, -0.05) is 20.8 Å². The Morgan fingerprint density at radius 3 is 2.00 bits per heavy atom.